The summed E-state index contributed by atoms with van der Waals surface area (Å²) in [6.07, 6.45) is -4.12. The number of likely N-dealkylation sites (N-methyl/N-ethyl adjacent to an activating group) is 1. The first-order chi connectivity index (χ1) is 26.5. The topological polar surface area (TPSA) is 191 Å². The summed E-state index contributed by atoms with van der Waals surface area (Å²) >= 11 is 14.1. The second kappa shape index (κ2) is 20.0. The largest absolute Gasteiger partial charge is 0.573 e. The summed E-state index contributed by atoms with van der Waals surface area (Å²) in [6.45, 7) is 5.75. The Hall–Kier alpha value is -4.85. The molecule has 0 radical (unpaired) electrons. The number of carbonyl (C=O) groups is 6. The van der Waals surface area contributed by atoms with Crippen molar-refractivity contribution in [3.05, 3.63) is 97.2 Å². The van der Waals surface area contributed by atoms with Gasteiger partial charge in [0.25, 0.3) is 0 Å². The first-order valence-corrected chi connectivity index (χ1v) is 19.0. The highest BCUT2D eigenvalue weighted by molar-refractivity contribution is 7.20. The van der Waals surface area contributed by atoms with E-state index in [1.807, 2.05) is 6.92 Å². The number of carbonyl (C=O) groups excluding carboxylic acids is 4. The zero-order valence-corrected chi connectivity index (χ0v) is 34.0. The van der Waals surface area contributed by atoms with Gasteiger partial charge in [-0.3, -0.25) is 39.0 Å². The molecule has 5 N–H and O–H groups in total. The number of carboxylic acid groups (broad SMARTS) is 2. The number of nitrogens with zero attached hydrogens (tertiary/aromatic N) is 1. The van der Waals surface area contributed by atoms with Crippen LogP contribution in [0.5, 0.6) is 5.75 Å². The average Bonchev–Trinajstić information content (AvgIpc) is 3.71. The lowest BCUT2D eigenvalue weighted by atomic mass is 10.0. The molecule has 0 spiro atoms. The van der Waals surface area contributed by atoms with Crippen molar-refractivity contribution < 1.29 is 56.9 Å². The molecule has 13 nitrogen and oxygen atoms in total. The van der Waals surface area contributed by atoms with Gasteiger partial charge in [0.05, 0.1) is 34.6 Å². The van der Waals surface area contributed by atoms with Crippen molar-refractivity contribution in [1.82, 2.24) is 10.2 Å². The molecule has 1 unspecified atom stereocenters. The Morgan fingerprint density at radius 3 is 1.88 bits per heavy atom. The van der Waals surface area contributed by atoms with Crippen LogP contribution in [0.3, 0.4) is 0 Å². The maximum Gasteiger partial charge on any atom is 0.573 e. The highest BCUT2D eigenvalue weighted by Crippen LogP contribution is 2.34. The predicted molar refractivity (Wildman–Crippen MR) is 211 cm³/mol. The molecule has 0 aliphatic carbocycles. The zero-order valence-electron chi connectivity index (χ0n) is 30.9. The Balaban J connectivity index is 0.000000307. The van der Waals surface area contributed by atoms with Crippen molar-refractivity contribution in [3.8, 4) is 5.75 Å². The average molecular weight is 874 g/mol. The van der Waals surface area contributed by atoms with Crippen LogP contribution in [0, 0.1) is 0 Å². The lowest BCUT2D eigenvalue weighted by Crippen LogP contribution is -2.49. The van der Waals surface area contributed by atoms with Crippen LogP contribution in [0.25, 0.3) is 0 Å². The number of thiophene rings is 2. The summed E-state index contributed by atoms with van der Waals surface area (Å²) in [7, 11) is 1.56. The maximum absolute atomic E-state index is 12.9. The third-order valence-electron chi connectivity index (χ3n) is 7.92. The molecule has 20 heteroatoms. The quantitative estimate of drug-likeness (QED) is 0.0703. The fourth-order valence-electron chi connectivity index (χ4n) is 4.54. The molecule has 1 atom stereocenters. The van der Waals surface area contributed by atoms with Crippen LogP contribution < -0.4 is 20.7 Å². The summed E-state index contributed by atoms with van der Waals surface area (Å²) in [5.74, 6) is -4.40. The van der Waals surface area contributed by atoms with E-state index in [0.29, 0.717) is 21.2 Å². The first kappa shape index (κ1) is 46.5. The minimum Gasteiger partial charge on any atom is -0.480 e. The third kappa shape index (κ3) is 13.9. The molecule has 2 aromatic heterocycles. The van der Waals surface area contributed by atoms with Gasteiger partial charge in [0.1, 0.15) is 21.3 Å². The molecule has 4 aromatic rings. The van der Waals surface area contributed by atoms with Crippen LogP contribution >= 0.6 is 45.9 Å². The fourth-order valence-corrected chi connectivity index (χ4v) is 6.80. The minimum atomic E-state index is -4.85. The molecule has 0 aliphatic rings. The Morgan fingerprint density at radius 1 is 0.842 bits per heavy atom. The number of aliphatic carboxylic acids is 2. The number of ketones is 2. The molecule has 4 rings (SSSR count). The lowest BCUT2D eigenvalue weighted by molar-refractivity contribution is -0.274. The van der Waals surface area contributed by atoms with Gasteiger partial charge in [0.2, 0.25) is 11.8 Å². The van der Waals surface area contributed by atoms with E-state index < -0.39 is 47.3 Å². The standard InChI is InChI=1S/C19H21ClN2O4S.C18H16ClF3N2O5S/c1-4-14-9-15(17(25)12-5-7-13(20)8-6-12)19(27-14)21-18(26)11(2)22(3)10-16(23)24;1-17(2,16(27)28)23-8-13(25)24-15-11(7-12(19)30-15)14(26)9-3-5-10(6-4-9)29-18(20,21)22/h5-9,11H,4,10H2,1-3H3,(H,21,26)(H,23,24);3-7,23H,8H2,1-2H3,(H,24,25)(H,27,28). The number of rotatable bonds is 16. The van der Waals surface area contributed by atoms with Crippen molar-refractivity contribution >= 4 is 91.2 Å². The van der Waals surface area contributed by atoms with E-state index in [0.717, 1.165) is 46.9 Å². The minimum absolute atomic E-state index is 0.0420. The molecule has 57 heavy (non-hydrogen) atoms. The van der Waals surface area contributed by atoms with E-state index in [1.54, 1.807) is 44.3 Å². The number of ether oxygens (including phenoxy) is 1. The summed E-state index contributed by atoms with van der Waals surface area (Å²) in [5, 5.41) is 26.9. The van der Waals surface area contributed by atoms with Crippen molar-refractivity contribution in [1.29, 1.82) is 0 Å². The number of hydrogen-bond donors (Lipinski definition) is 5. The summed E-state index contributed by atoms with van der Waals surface area (Å²) in [5.41, 5.74) is -0.351. The molecular formula is C37H37Cl2F3N4O9S2. The van der Waals surface area contributed by atoms with Crippen LogP contribution in [0.2, 0.25) is 9.36 Å². The van der Waals surface area contributed by atoms with Gasteiger partial charge in [0, 0.05) is 21.0 Å². The summed E-state index contributed by atoms with van der Waals surface area (Å²) in [4.78, 5) is 74.5. The van der Waals surface area contributed by atoms with Gasteiger partial charge in [-0.1, -0.05) is 30.1 Å². The number of carboxylic acids is 2. The van der Waals surface area contributed by atoms with Crippen molar-refractivity contribution in [3.63, 3.8) is 0 Å². The monoisotopic (exact) mass is 872 g/mol. The van der Waals surface area contributed by atoms with Crippen molar-refractivity contribution in [2.75, 3.05) is 30.8 Å². The second-order valence-corrected chi connectivity index (χ2v) is 15.9. The number of aryl methyl sites for hydroxylation is 1. The van der Waals surface area contributed by atoms with Gasteiger partial charge >= 0.3 is 18.3 Å². The van der Waals surface area contributed by atoms with Crippen LogP contribution in [-0.2, 0) is 25.6 Å². The molecular weight excluding hydrogens is 836 g/mol. The molecule has 0 saturated heterocycles. The van der Waals surface area contributed by atoms with Crippen LogP contribution in [-0.4, -0.2) is 88.5 Å². The van der Waals surface area contributed by atoms with Gasteiger partial charge in [-0.25, -0.2) is 0 Å². The van der Waals surface area contributed by atoms with E-state index in [4.69, 9.17) is 33.4 Å². The van der Waals surface area contributed by atoms with Gasteiger partial charge < -0.3 is 25.6 Å². The number of hydrogen-bond acceptors (Lipinski definition) is 11. The molecule has 2 amide bonds. The van der Waals surface area contributed by atoms with Crippen LogP contribution in [0.4, 0.5) is 23.2 Å². The normalized spacial score (nSPS) is 11.9. The van der Waals surface area contributed by atoms with E-state index in [9.17, 15) is 41.9 Å². The van der Waals surface area contributed by atoms with Gasteiger partial charge in [-0.05, 0) is 94.9 Å². The first-order valence-electron chi connectivity index (χ1n) is 16.6. The number of anilines is 2. The third-order valence-corrected chi connectivity index (χ3v) is 10.5. The Labute approximate surface area is 342 Å². The molecule has 0 saturated carbocycles. The number of amides is 2. The molecule has 2 heterocycles. The van der Waals surface area contributed by atoms with Crippen molar-refractivity contribution in [2.24, 2.45) is 0 Å². The molecule has 0 aliphatic heterocycles. The van der Waals surface area contributed by atoms with Gasteiger partial charge in [-0.2, -0.15) is 0 Å². The number of alkyl halides is 3. The number of benzene rings is 2. The molecule has 306 valence electrons. The SMILES string of the molecule is CC(C)(NCC(=O)Nc1sc(Cl)cc1C(=O)c1ccc(OC(F)(F)F)cc1)C(=O)O.CCc1cc(C(=O)c2ccc(Cl)cc2)c(NC(=O)C(C)N(C)CC(=O)O)s1. The van der Waals surface area contributed by atoms with E-state index in [1.165, 1.54) is 36.2 Å². The molecule has 0 fully saturated rings. The van der Waals surface area contributed by atoms with Crippen LogP contribution in [0.1, 0.15) is 64.4 Å². The highest BCUT2D eigenvalue weighted by Gasteiger charge is 2.31. The van der Waals surface area contributed by atoms with E-state index in [-0.39, 0.29) is 45.2 Å². The van der Waals surface area contributed by atoms with Crippen molar-refractivity contribution in [2.45, 2.75) is 52.1 Å². The van der Waals surface area contributed by atoms with E-state index >= 15 is 0 Å². The van der Waals surface area contributed by atoms with Gasteiger partial charge in [-0.15, -0.1) is 35.8 Å². The maximum atomic E-state index is 12.9. The lowest BCUT2D eigenvalue weighted by Gasteiger charge is -2.21. The van der Waals surface area contributed by atoms with Crippen LogP contribution in [0.15, 0.2) is 60.7 Å². The summed E-state index contributed by atoms with van der Waals surface area (Å²) in [6, 6.07) is 13.3. The summed E-state index contributed by atoms with van der Waals surface area (Å²) < 4.78 is 40.7. The smallest absolute Gasteiger partial charge is 0.480 e. The fraction of sp³-hybridized carbons (Fsp3) is 0.297. The Bertz CT molecular complexity index is 2110. The Kier molecular flexibility index (Phi) is 16.3. The second-order valence-electron chi connectivity index (χ2n) is 12.6. The highest BCUT2D eigenvalue weighted by atomic mass is 35.5. The molecule has 2 aromatic carbocycles. The zero-order chi connectivity index (χ0) is 42.8. The number of halogens is 5. The predicted octanol–water partition coefficient (Wildman–Crippen LogP) is 7.46. The van der Waals surface area contributed by atoms with Gasteiger partial charge in [0.15, 0.2) is 11.6 Å². The van der Waals surface area contributed by atoms with E-state index in [2.05, 4.69) is 20.7 Å². The Morgan fingerprint density at radius 2 is 1.37 bits per heavy atom. The number of nitrogens with one attached hydrogen (secondary N) is 3. The molecule has 0 bridgehead atoms.